The van der Waals surface area contributed by atoms with Crippen LogP contribution in [0.2, 0.25) is 0 Å². The quantitative estimate of drug-likeness (QED) is 0.457. The zero-order valence-electron chi connectivity index (χ0n) is 19.0. The van der Waals surface area contributed by atoms with E-state index in [1.807, 2.05) is 10.8 Å². The third-order valence-corrected chi connectivity index (χ3v) is 6.46. The van der Waals surface area contributed by atoms with Crippen LogP contribution in [0.25, 0.3) is 17.1 Å². The Hall–Kier alpha value is -4.05. The molecule has 2 N–H and O–H groups in total. The van der Waals surface area contributed by atoms with Gasteiger partial charge in [0.05, 0.1) is 41.1 Å². The molecule has 6 rings (SSSR count). The number of hydrogen-bond donors (Lipinski definition) is 2. The monoisotopic (exact) mass is 474 g/mol. The first-order valence-corrected chi connectivity index (χ1v) is 11.5. The number of benzene rings is 2. The minimum atomic E-state index is -0.616. The van der Waals surface area contributed by atoms with Crippen molar-refractivity contribution in [3.05, 3.63) is 71.8 Å². The first kappa shape index (κ1) is 21.5. The number of para-hydroxylation sites is 1. The molecule has 0 radical (unpaired) electrons. The topological polar surface area (TPSA) is 107 Å². The van der Waals surface area contributed by atoms with Crippen molar-refractivity contribution in [1.82, 2.24) is 24.3 Å². The smallest absolute Gasteiger partial charge is 0.258 e. The second-order valence-electron chi connectivity index (χ2n) is 8.91. The van der Waals surface area contributed by atoms with Crippen molar-refractivity contribution in [2.24, 2.45) is 0 Å². The molecule has 10 heteroatoms. The Morgan fingerprint density at radius 2 is 2.14 bits per heavy atom. The van der Waals surface area contributed by atoms with Gasteiger partial charge in [-0.05, 0) is 49.6 Å². The molecule has 9 nitrogen and oxygen atoms in total. The Kier molecular flexibility index (Phi) is 5.10. The Labute approximate surface area is 200 Å². The van der Waals surface area contributed by atoms with Crippen LogP contribution in [-0.2, 0) is 0 Å². The second-order valence-corrected chi connectivity index (χ2v) is 8.91. The number of aliphatic hydroxyl groups is 1. The zero-order chi connectivity index (χ0) is 24.1. The van der Waals surface area contributed by atoms with E-state index in [0.717, 1.165) is 18.5 Å². The number of anilines is 1. The predicted octanol–water partition coefficient (Wildman–Crippen LogP) is 3.63. The van der Waals surface area contributed by atoms with Gasteiger partial charge in [-0.1, -0.05) is 6.07 Å². The van der Waals surface area contributed by atoms with Crippen molar-refractivity contribution in [2.45, 2.75) is 31.7 Å². The largest absolute Gasteiger partial charge is 0.488 e. The summed E-state index contributed by atoms with van der Waals surface area (Å²) in [6.45, 7) is 1.76. The van der Waals surface area contributed by atoms with Gasteiger partial charge in [0.15, 0.2) is 11.6 Å². The molecule has 35 heavy (non-hydrogen) atoms. The van der Waals surface area contributed by atoms with Crippen molar-refractivity contribution in [3.8, 4) is 22.8 Å². The molecule has 1 fully saturated rings. The van der Waals surface area contributed by atoms with Crippen molar-refractivity contribution < 1.29 is 19.0 Å². The highest BCUT2D eigenvalue weighted by Crippen LogP contribution is 2.40. The number of halogens is 1. The van der Waals surface area contributed by atoms with Crippen LogP contribution in [0.5, 0.6) is 5.75 Å². The molecular weight excluding hydrogens is 451 g/mol. The lowest BCUT2D eigenvalue weighted by Crippen LogP contribution is -2.21. The average Bonchev–Trinajstić information content (AvgIpc) is 3.43. The number of nitrogens with one attached hydrogen (secondary N) is 1. The molecule has 1 amide bonds. The van der Waals surface area contributed by atoms with Crippen LogP contribution in [0.3, 0.4) is 0 Å². The highest BCUT2D eigenvalue weighted by Gasteiger charge is 2.28. The number of nitrogens with zero attached hydrogens (tertiary/aromatic N) is 5. The van der Waals surface area contributed by atoms with Gasteiger partial charge in [0.2, 0.25) is 0 Å². The third-order valence-electron chi connectivity index (χ3n) is 6.46. The molecule has 2 aromatic carbocycles. The van der Waals surface area contributed by atoms with E-state index in [-0.39, 0.29) is 18.8 Å². The number of amides is 1. The minimum Gasteiger partial charge on any atom is -0.488 e. The molecule has 178 valence electrons. The number of carbonyl (C=O) groups is 1. The summed E-state index contributed by atoms with van der Waals surface area (Å²) >= 11 is 0. The van der Waals surface area contributed by atoms with Gasteiger partial charge in [0.25, 0.3) is 5.91 Å². The maximum Gasteiger partial charge on any atom is 0.258 e. The van der Waals surface area contributed by atoms with Crippen molar-refractivity contribution >= 4 is 11.6 Å². The molecule has 1 aliphatic carbocycles. The van der Waals surface area contributed by atoms with Gasteiger partial charge >= 0.3 is 0 Å². The standard InChI is InChI=1S/C25H23FN6O3/c1-14-7-19(26)18(8-22(14)31-9-21(28-13-31)15-5-6-15)25(34)30-20-4-2-3-17-23(20)35-11-16(10-33)32-24(17)27-12-29-32/h2-4,7-9,12-13,15-16,33H,5-6,10-11H2,1H3,(H,30,34)/t16-/m0/s1. The van der Waals surface area contributed by atoms with Gasteiger partial charge in [-0.25, -0.2) is 19.0 Å². The zero-order valence-corrected chi connectivity index (χ0v) is 19.0. The fraction of sp³-hybridized carbons (Fsp3) is 0.280. The molecule has 0 spiro atoms. The van der Waals surface area contributed by atoms with E-state index in [0.29, 0.717) is 40.0 Å². The molecule has 0 saturated heterocycles. The summed E-state index contributed by atoms with van der Waals surface area (Å²) in [5, 5.41) is 16.7. The number of aryl methyl sites for hydroxylation is 1. The molecule has 3 heterocycles. The van der Waals surface area contributed by atoms with Crippen molar-refractivity contribution in [2.75, 3.05) is 18.5 Å². The molecule has 1 aliphatic heterocycles. The number of fused-ring (bicyclic) bond motifs is 3. The maximum absolute atomic E-state index is 14.9. The highest BCUT2D eigenvalue weighted by molar-refractivity contribution is 6.06. The number of aromatic nitrogens is 5. The molecule has 0 unspecified atom stereocenters. The molecule has 1 saturated carbocycles. The van der Waals surface area contributed by atoms with Gasteiger partial charge < -0.3 is 19.7 Å². The predicted molar refractivity (Wildman–Crippen MR) is 125 cm³/mol. The average molecular weight is 474 g/mol. The van der Waals surface area contributed by atoms with Crippen LogP contribution in [0.1, 0.15) is 46.4 Å². The molecule has 2 aromatic heterocycles. The summed E-state index contributed by atoms with van der Waals surface area (Å²) in [6.07, 6.45) is 7.32. The lowest BCUT2D eigenvalue weighted by atomic mass is 10.1. The molecule has 4 aromatic rings. The van der Waals surface area contributed by atoms with Crippen molar-refractivity contribution in [1.29, 1.82) is 0 Å². The number of hydrogen-bond acceptors (Lipinski definition) is 6. The SMILES string of the molecule is Cc1cc(F)c(C(=O)Nc2cccc3c2OC[C@H](CO)n2ncnc2-3)cc1-n1cnc(C2CC2)c1. The van der Waals surface area contributed by atoms with Gasteiger partial charge in [0, 0.05) is 12.1 Å². The Morgan fingerprint density at radius 1 is 1.29 bits per heavy atom. The summed E-state index contributed by atoms with van der Waals surface area (Å²) in [4.78, 5) is 22.0. The number of aliphatic hydroxyl groups excluding tert-OH is 1. The fourth-order valence-corrected chi connectivity index (χ4v) is 4.42. The van der Waals surface area contributed by atoms with Crippen LogP contribution in [0.15, 0.2) is 49.2 Å². The Bertz CT molecular complexity index is 1440. The van der Waals surface area contributed by atoms with E-state index >= 15 is 0 Å². The van der Waals surface area contributed by atoms with E-state index in [1.54, 1.807) is 42.2 Å². The Balaban J connectivity index is 1.34. The van der Waals surface area contributed by atoms with E-state index in [9.17, 15) is 14.3 Å². The Morgan fingerprint density at radius 3 is 2.94 bits per heavy atom. The van der Waals surface area contributed by atoms with Crippen LogP contribution in [0.4, 0.5) is 10.1 Å². The van der Waals surface area contributed by atoms with Crippen LogP contribution in [-0.4, -0.2) is 48.5 Å². The lowest BCUT2D eigenvalue weighted by molar-refractivity contribution is 0.102. The summed E-state index contributed by atoms with van der Waals surface area (Å²) < 4.78 is 24.3. The van der Waals surface area contributed by atoms with E-state index in [2.05, 4.69) is 20.4 Å². The van der Waals surface area contributed by atoms with Gasteiger partial charge in [-0.3, -0.25) is 4.79 Å². The normalized spacial score (nSPS) is 16.7. The second kappa shape index (κ2) is 8.31. The maximum atomic E-state index is 14.9. The van der Waals surface area contributed by atoms with Crippen LogP contribution >= 0.6 is 0 Å². The van der Waals surface area contributed by atoms with Gasteiger partial charge in [-0.2, -0.15) is 5.10 Å². The molecule has 0 bridgehead atoms. The van der Waals surface area contributed by atoms with E-state index in [4.69, 9.17) is 4.74 Å². The van der Waals surface area contributed by atoms with Crippen LogP contribution in [0, 0.1) is 12.7 Å². The molecule has 2 aliphatic rings. The van der Waals surface area contributed by atoms with Gasteiger partial charge in [-0.15, -0.1) is 0 Å². The number of ether oxygens (including phenoxy) is 1. The highest BCUT2D eigenvalue weighted by atomic mass is 19.1. The first-order valence-electron chi connectivity index (χ1n) is 11.5. The summed E-state index contributed by atoms with van der Waals surface area (Å²) in [5.41, 5.74) is 3.31. The van der Waals surface area contributed by atoms with Crippen LogP contribution < -0.4 is 10.1 Å². The van der Waals surface area contributed by atoms with Crippen molar-refractivity contribution in [3.63, 3.8) is 0 Å². The fourth-order valence-electron chi connectivity index (χ4n) is 4.42. The number of rotatable bonds is 5. The third kappa shape index (κ3) is 3.75. The van der Waals surface area contributed by atoms with Gasteiger partial charge in [0.1, 0.15) is 24.8 Å². The van der Waals surface area contributed by atoms with E-state index < -0.39 is 17.8 Å². The first-order chi connectivity index (χ1) is 17.0. The number of imidazole rings is 1. The summed E-state index contributed by atoms with van der Waals surface area (Å²) in [5.74, 6) is 0.178. The summed E-state index contributed by atoms with van der Waals surface area (Å²) in [7, 11) is 0. The molecular formula is C25H23FN6O3. The number of carbonyl (C=O) groups excluding carboxylic acids is 1. The lowest BCUT2D eigenvalue weighted by Gasteiger charge is -2.15. The van der Waals surface area contributed by atoms with E-state index in [1.165, 1.54) is 12.4 Å². The molecule has 1 atom stereocenters. The minimum absolute atomic E-state index is 0.0881. The summed E-state index contributed by atoms with van der Waals surface area (Å²) in [6, 6.07) is 7.71.